The third kappa shape index (κ3) is 5.42. The van der Waals surface area contributed by atoms with E-state index in [2.05, 4.69) is 5.32 Å². The van der Waals surface area contributed by atoms with Gasteiger partial charge in [0.2, 0.25) is 5.91 Å². The second kappa shape index (κ2) is 10.6. The summed E-state index contributed by atoms with van der Waals surface area (Å²) in [6.07, 6.45) is 4.86. The molecule has 35 heavy (non-hydrogen) atoms. The topological polar surface area (TPSA) is 94.1 Å². The van der Waals surface area contributed by atoms with Crippen molar-refractivity contribution in [3.05, 3.63) is 41.2 Å². The van der Waals surface area contributed by atoms with Gasteiger partial charge < -0.3 is 24.6 Å². The van der Waals surface area contributed by atoms with Crippen molar-refractivity contribution in [2.45, 2.75) is 58.2 Å². The van der Waals surface area contributed by atoms with E-state index in [9.17, 15) is 14.7 Å². The van der Waals surface area contributed by atoms with E-state index in [0.717, 1.165) is 25.7 Å². The number of carboxylic acid groups (broad SMARTS) is 1. The Labute approximate surface area is 204 Å². The fourth-order valence-corrected chi connectivity index (χ4v) is 4.82. The van der Waals surface area contributed by atoms with E-state index in [1.807, 2.05) is 0 Å². The summed E-state index contributed by atoms with van der Waals surface area (Å²) in [6, 6.07) is 6.85. The van der Waals surface area contributed by atoms with Gasteiger partial charge in [-0.2, -0.15) is 0 Å². The third-order valence-electron chi connectivity index (χ3n) is 6.93. The standard InChI is InChI=1S/C27H32FNO6/c1-15-23(33-2)13-22(24(28)25(15)34-3)19-11-8-17(12-16(19)14-35-18-9-10-18)29-26(30)20-6-4-5-7-21(20)27(31)32/h8,11-13,18,20-21H,4-7,9-10,14H2,1-3H3,(H,29,30)(H,31,32)/t20-,21+/m0/s1. The maximum absolute atomic E-state index is 15.5. The lowest BCUT2D eigenvalue weighted by Gasteiger charge is -2.27. The number of hydrogen-bond acceptors (Lipinski definition) is 5. The summed E-state index contributed by atoms with van der Waals surface area (Å²) in [5, 5.41) is 12.4. The molecule has 4 rings (SSSR count). The molecule has 188 valence electrons. The van der Waals surface area contributed by atoms with Crippen LogP contribution in [0.2, 0.25) is 0 Å². The lowest BCUT2D eigenvalue weighted by atomic mass is 9.78. The van der Waals surface area contributed by atoms with Gasteiger partial charge in [-0.1, -0.05) is 18.9 Å². The Morgan fingerprint density at radius 2 is 1.74 bits per heavy atom. The first kappa shape index (κ1) is 25.0. The molecule has 2 saturated carbocycles. The highest BCUT2D eigenvalue weighted by Gasteiger charge is 2.35. The zero-order valence-corrected chi connectivity index (χ0v) is 20.4. The van der Waals surface area contributed by atoms with Crippen LogP contribution in [-0.4, -0.2) is 37.3 Å². The predicted octanol–water partition coefficient (Wildman–Crippen LogP) is 5.33. The Balaban J connectivity index is 1.67. The molecule has 2 aliphatic carbocycles. The molecule has 2 N–H and O–H groups in total. The Morgan fingerprint density at radius 1 is 1.03 bits per heavy atom. The Kier molecular flexibility index (Phi) is 7.60. The van der Waals surface area contributed by atoms with Crippen LogP contribution in [0, 0.1) is 24.6 Å². The van der Waals surface area contributed by atoms with Gasteiger partial charge >= 0.3 is 5.97 Å². The smallest absolute Gasteiger partial charge is 0.307 e. The van der Waals surface area contributed by atoms with Crippen molar-refractivity contribution in [1.29, 1.82) is 0 Å². The van der Waals surface area contributed by atoms with Crippen molar-refractivity contribution in [3.63, 3.8) is 0 Å². The Morgan fingerprint density at radius 3 is 2.37 bits per heavy atom. The van der Waals surface area contributed by atoms with Gasteiger partial charge in [-0.15, -0.1) is 0 Å². The molecule has 2 aromatic carbocycles. The number of carbonyl (C=O) groups excluding carboxylic acids is 1. The summed E-state index contributed by atoms with van der Waals surface area (Å²) in [4.78, 5) is 24.6. The molecule has 0 radical (unpaired) electrons. The number of rotatable bonds is 9. The van der Waals surface area contributed by atoms with E-state index < -0.39 is 23.6 Å². The molecule has 8 heteroatoms. The third-order valence-corrected chi connectivity index (χ3v) is 6.93. The molecule has 7 nitrogen and oxygen atoms in total. The molecule has 1 amide bonds. The first-order chi connectivity index (χ1) is 16.8. The predicted molar refractivity (Wildman–Crippen MR) is 129 cm³/mol. The number of halogens is 1. The summed E-state index contributed by atoms with van der Waals surface area (Å²) in [7, 11) is 2.94. The van der Waals surface area contributed by atoms with Crippen molar-refractivity contribution in [3.8, 4) is 22.6 Å². The summed E-state index contributed by atoms with van der Waals surface area (Å²) in [5.41, 5.74) is 2.72. The van der Waals surface area contributed by atoms with E-state index in [-0.39, 0.29) is 24.4 Å². The van der Waals surface area contributed by atoms with E-state index >= 15 is 4.39 Å². The number of anilines is 1. The second-order valence-corrected chi connectivity index (χ2v) is 9.31. The van der Waals surface area contributed by atoms with Crippen LogP contribution in [-0.2, 0) is 20.9 Å². The van der Waals surface area contributed by atoms with Gasteiger partial charge in [0.15, 0.2) is 11.6 Å². The summed E-state index contributed by atoms with van der Waals surface area (Å²) in [5.74, 6) is -2.37. The van der Waals surface area contributed by atoms with Crippen molar-refractivity contribution in [2.75, 3.05) is 19.5 Å². The number of carbonyl (C=O) groups is 2. The van der Waals surface area contributed by atoms with Gasteiger partial charge in [-0.25, -0.2) is 4.39 Å². The minimum atomic E-state index is -0.934. The molecule has 0 saturated heterocycles. The second-order valence-electron chi connectivity index (χ2n) is 9.31. The van der Waals surface area contributed by atoms with Crippen LogP contribution in [0.5, 0.6) is 11.5 Å². The normalized spacial score (nSPS) is 19.8. The maximum atomic E-state index is 15.5. The Bertz CT molecular complexity index is 1110. The van der Waals surface area contributed by atoms with Crippen molar-refractivity contribution in [1.82, 2.24) is 0 Å². The molecule has 0 spiro atoms. The molecule has 2 aliphatic rings. The van der Waals surface area contributed by atoms with E-state index in [0.29, 0.717) is 46.5 Å². The fourth-order valence-electron chi connectivity index (χ4n) is 4.82. The molecule has 2 atom stereocenters. The molecule has 0 aliphatic heterocycles. The first-order valence-electron chi connectivity index (χ1n) is 12.0. The molecule has 0 unspecified atom stereocenters. The van der Waals surface area contributed by atoms with Gasteiger partial charge in [-0.05, 0) is 61.9 Å². The van der Waals surface area contributed by atoms with Crippen molar-refractivity contribution >= 4 is 17.6 Å². The van der Waals surface area contributed by atoms with Crippen LogP contribution in [0.15, 0.2) is 24.3 Å². The van der Waals surface area contributed by atoms with Crippen molar-refractivity contribution in [2.24, 2.45) is 11.8 Å². The minimum Gasteiger partial charge on any atom is -0.496 e. The van der Waals surface area contributed by atoms with Crippen LogP contribution in [0.3, 0.4) is 0 Å². The molecule has 0 aromatic heterocycles. The summed E-state index contributed by atoms with van der Waals surface area (Å²) < 4.78 is 32.1. The fraction of sp³-hybridized carbons (Fsp3) is 0.481. The maximum Gasteiger partial charge on any atom is 0.307 e. The van der Waals surface area contributed by atoms with Crippen LogP contribution in [0.25, 0.3) is 11.1 Å². The highest BCUT2D eigenvalue weighted by molar-refractivity contribution is 5.95. The average Bonchev–Trinajstić information content (AvgIpc) is 3.68. The highest BCUT2D eigenvalue weighted by Crippen LogP contribution is 2.40. The number of ether oxygens (including phenoxy) is 3. The van der Waals surface area contributed by atoms with Gasteiger partial charge in [0.1, 0.15) is 5.75 Å². The van der Waals surface area contributed by atoms with Crippen molar-refractivity contribution < 1.29 is 33.3 Å². The highest BCUT2D eigenvalue weighted by atomic mass is 19.1. The van der Waals surface area contributed by atoms with Crippen LogP contribution in [0.4, 0.5) is 10.1 Å². The van der Waals surface area contributed by atoms with Crippen LogP contribution in [0.1, 0.15) is 49.7 Å². The van der Waals surface area contributed by atoms with Gasteiger partial charge in [0.05, 0.1) is 38.8 Å². The number of hydrogen-bond donors (Lipinski definition) is 2. The molecular formula is C27H32FNO6. The summed E-state index contributed by atoms with van der Waals surface area (Å²) >= 11 is 0. The van der Waals surface area contributed by atoms with Crippen LogP contribution < -0.4 is 14.8 Å². The minimum absolute atomic E-state index is 0.114. The van der Waals surface area contributed by atoms with E-state index in [4.69, 9.17) is 14.2 Å². The number of benzene rings is 2. The molecule has 2 aromatic rings. The zero-order valence-electron chi connectivity index (χ0n) is 20.4. The lowest BCUT2D eigenvalue weighted by molar-refractivity contribution is -0.147. The Hall–Kier alpha value is -3.13. The lowest BCUT2D eigenvalue weighted by Crippen LogP contribution is -2.36. The number of methoxy groups -OCH3 is 2. The van der Waals surface area contributed by atoms with E-state index in [1.54, 1.807) is 31.2 Å². The van der Waals surface area contributed by atoms with Gasteiger partial charge in [0.25, 0.3) is 0 Å². The van der Waals surface area contributed by atoms with Gasteiger partial charge in [0, 0.05) is 16.8 Å². The SMILES string of the molecule is COc1cc(-c2ccc(NC(=O)[C@H]3CCCC[C@H]3C(=O)O)cc2COC2CC2)c(F)c(OC)c1C. The van der Waals surface area contributed by atoms with E-state index in [1.165, 1.54) is 14.2 Å². The number of nitrogens with one attached hydrogen (secondary N) is 1. The summed E-state index contributed by atoms with van der Waals surface area (Å²) in [6.45, 7) is 1.98. The number of amides is 1. The molecule has 0 heterocycles. The molecular weight excluding hydrogens is 453 g/mol. The van der Waals surface area contributed by atoms with Crippen LogP contribution >= 0.6 is 0 Å². The molecule has 0 bridgehead atoms. The monoisotopic (exact) mass is 485 g/mol. The number of carboxylic acids is 1. The first-order valence-corrected chi connectivity index (χ1v) is 12.0. The average molecular weight is 486 g/mol. The quantitative estimate of drug-likeness (QED) is 0.499. The zero-order chi connectivity index (χ0) is 25.1. The molecule has 2 fully saturated rings. The largest absolute Gasteiger partial charge is 0.496 e. The van der Waals surface area contributed by atoms with Gasteiger partial charge in [-0.3, -0.25) is 9.59 Å². The number of aliphatic carboxylic acids is 1.